The molecule has 0 spiro atoms. The van der Waals surface area contributed by atoms with Crippen LogP contribution in [0.25, 0.3) is 0 Å². The first-order valence-electron chi connectivity index (χ1n) is 7.42. The van der Waals surface area contributed by atoms with Crippen LogP contribution in [0.15, 0.2) is 47.4 Å². The molecule has 0 unspecified atom stereocenters. The lowest BCUT2D eigenvalue weighted by molar-refractivity contribution is 0.0752. The minimum absolute atomic E-state index is 0.0531. The zero-order valence-corrected chi connectivity index (χ0v) is 13.5. The molecule has 1 aromatic carbocycles. The molecular weight excluding hydrogens is 276 g/mol. The van der Waals surface area contributed by atoms with E-state index >= 15 is 0 Å². The standard InChI is InChI=1S/C18H22N2O2/c1-13(2)19(4)17(21)16-9-6-10-20(18(16)22)12-15-8-5-7-14(3)11-15/h5-11,13H,12H2,1-4H3. The molecule has 1 aromatic heterocycles. The smallest absolute Gasteiger partial charge is 0.263 e. The zero-order valence-electron chi connectivity index (χ0n) is 13.5. The van der Waals surface area contributed by atoms with Gasteiger partial charge in [0.25, 0.3) is 11.5 Å². The highest BCUT2D eigenvalue weighted by molar-refractivity contribution is 5.93. The lowest BCUT2D eigenvalue weighted by Gasteiger charge is -2.21. The Morgan fingerprint density at radius 3 is 2.59 bits per heavy atom. The molecule has 2 rings (SSSR count). The van der Waals surface area contributed by atoms with Crippen LogP contribution in [0.3, 0.4) is 0 Å². The lowest BCUT2D eigenvalue weighted by atomic mass is 10.1. The maximum Gasteiger partial charge on any atom is 0.263 e. The average Bonchev–Trinajstić information content (AvgIpc) is 2.48. The van der Waals surface area contributed by atoms with Gasteiger partial charge in [0.2, 0.25) is 0 Å². The molecule has 116 valence electrons. The molecule has 0 radical (unpaired) electrons. The second-order valence-electron chi connectivity index (χ2n) is 5.85. The van der Waals surface area contributed by atoms with Crippen molar-refractivity contribution in [2.75, 3.05) is 7.05 Å². The first kappa shape index (κ1) is 16.0. The Morgan fingerprint density at radius 2 is 1.95 bits per heavy atom. The molecule has 1 heterocycles. The summed E-state index contributed by atoms with van der Waals surface area (Å²) >= 11 is 0. The second-order valence-corrected chi connectivity index (χ2v) is 5.85. The fourth-order valence-electron chi connectivity index (χ4n) is 2.26. The van der Waals surface area contributed by atoms with Gasteiger partial charge in [-0.2, -0.15) is 0 Å². The number of aromatic nitrogens is 1. The van der Waals surface area contributed by atoms with Crippen LogP contribution < -0.4 is 5.56 Å². The van der Waals surface area contributed by atoms with E-state index in [2.05, 4.69) is 0 Å². The van der Waals surface area contributed by atoms with E-state index in [0.29, 0.717) is 6.54 Å². The van der Waals surface area contributed by atoms with Crippen molar-refractivity contribution in [3.63, 3.8) is 0 Å². The normalized spacial score (nSPS) is 10.8. The Labute approximate surface area is 131 Å². The molecule has 0 aliphatic heterocycles. The Hall–Kier alpha value is -2.36. The molecule has 0 saturated carbocycles. The summed E-state index contributed by atoms with van der Waals surface area (Å²) in [6, 6.07) is 11.4. The number of amides is 1. The van der Waals surface area contributed by atoms with Gasteiger partial charge in [-0.05, 0) is 38.5 Å². The highest BCUT2D eigenvalue weighted by Gasteiger charge is 2.18. The van der Waals surface area contributed by atoms with Crippen LogP contribution in [0, 0.1) is 6.92 Å². The van der Waals surface area contributed by atoms with E-state index in [1.54, 1.807) is 34.8 Å². The van der Waals surface area contributed by atoms with Crippen LogP contribution in [-0.2, 0) is 6.54 Å². The Kier molecular flexibility index (Phi) is 4.81. The maximum absolute atomic E-state index is 12.5. The maximum atomic E-state index is 12.5. The van der Waals surface area contributed by atoms with Crippen molar-refractivity contribution in [2.45, 2.75) is 33.4 Å². The van der Waals surface area contributed by atoms with Crippen LogP contribution in [0.1, 0.15) is 35.3 Å². The van der Waals surface area contributed by atoms with Gasteiger partial charge in [0.1, 0.15) is 5.56 Å². The Bertz CT molecular complexity index is 732. The van der Waals surface area contributed by atoms with E-state index in [1.807, 2.05) is 45.0 Å². The molecule has 1 amide bonds. The summed E-state index contributed by atoms with van der Waals surface area (Å²) in [5, 5.41) is 0. The SMILES string of the molecule is Cc1cccc(Cn2cccc(C(=O)N(C)C(C)C)c2=O)c1. The summed E-state index contributed by atoms with van der Waals surface area (Å²) in [6.07, 6.45) is 1.72. The van der Waals surface area contributed by atoms with Crippen molar-refractivity contribution in [3.8, 4) is 0 Å². The highest BCUT2D eigenvalue weighted by atomic mass is 16.2. The van der Waals surface area contributed by atoms with E-state index in [0.717, 1.165) is 11.1 Å². The molecular formula is C18H22N2O2. The molecule has 0 atom stereocenters. The first-order chi connectivity index (χ1) is 10.4. The fraction of sp³-hybridized carbons (Fsp3) is 0.333. The third-order valence-electron chi connectivity index (χ3n) is 3.78. The van der Waals surface area contributed by atoms with Crippen LogP contribution in [0.2, 0.25) is 0 Å². The monoisotopic (exact) mass is 298 g/mol. The minimum Gasteiger partial charge on any atom is -0.339 e. The third kappa shape index (κ3) is 3.45. The van der Waals surface area contributed by atoms with Crippen molar-refractivity contribution < 1.29 is 4.79 Å². The summed E-state index contributed by atoms with van der Waals surface area (Å²) in [5.74, 6) is -0.237. The van der Waals surface area contributed by atoms with Crippen molar-refractivity contribution >= 4 is 5.91 Å². The molecule has 0 saturated heterocycles. The average molecular weight is 298 g/mol. The molecule has 0 bridgehead atoms. The van der Waals surface area contributed by atoms with Gasteiger partial charge in [-0.25, -0.2) is 0 Å². The van der Waals surface area contributed by atoms with E-state index in [-0.39, 0.29) is 23.1 Å². The molecule has 0 N–H and O–H groups in total. The van der Waals surface area contributed by atoms with Crippen LogP contribution in [0.5, 0.6) is 0 Å². The van der Waals surface area contributed by atoms with Crippen LogP contribution in [0.4, 0.5) is 0 Å². The number of benzene rings is 1. The summed E-state index contributed by atoms with van der Waals surface area (Å²) in [6.45, 7) is 6.33. The molecule has 2 aromatic rings. The summed E-state index contributed by atoms with van der Waals surface area (Å²) < 4.78 is 1.58. The van der Waals surface area contributed by atoms with Crippen molar-refractivity contribution in [3.05, 3.63) is 69.6 Å². The lowest BCUT2D eigenvalue weighted by Crippen LogP contribution is -2.37. The fourth-order valence-corrected chi connectivity index (χ4v) is 2.26. The summed E-state index contributed by atoms with van der Waals surface area (Å²) in [5.41, 5.74) is 2.16. The van der Waals surface area contributed by atoms with Gasteiger partial charge in [0, 0.05) is 19.3 Å². The molecule has 4 heteroatoms. The molecule has 0 aliphatic rings. The van der Waals surface area contributed by atoms with Gasteiger partial charge in [-0.15, -0.1) is 0 Å². The predicted molar refractivity (Wildman–Crippen MR) is 88.2 cm³/mol. The number of rotatable bonds is 4. The van der Waals surface area contributed by atoms with Crippen molar-refractivity contribution in [2.24, 2.45) is 0 Å². The highest BCUT2D eigenvalue weighted by Crippen LogP contribution is 2.07. The topological polar surface area (TPSA) is 42.3 Å². The predicted octanol–water partition coefficient (Wildman–Crippen LogP) is 2.69. The number of aryl methyl sites for hydroxylation is 1. The van der Waals surface area contributed by atoms with E-state index in [1.165, 1.54) is 0 Å². The Morgan fingerprint density at radius 1 is 1.23 bits per heavy atom. The largest absolute Gasteiger partial charge is 0.339 e. The summed E-state index contributed by atoms with van der Waals surface area (Å²) in [4.78, 5) is 26.5. The molecule has 0 fully saturated rings. The second kappa shape index (κ2) is 6.60. The third-order valence-corrected chi connectivity index (χ3v) is 3.78. The minimum atomic E-state index is -0.249. The number of hydrogen-bond donors (Lipinski definition) is 0. The first-order valence-corrected chi connectivity index (χ1v) is 7.42. The van der Waals surface area contributed by atoms with Gasteiger partial charge in [-0.3, -0.25) is 9.59 Å². The number of carbonyl (C=O) groups is 1. The van der Waals surface area contributed by atoms with Gasteiger partial charge >= 0.3 is 0 Å². The summed E-state index contributed by atoms with van der Waals surface area (Å²) in [7, 11) is 1.71. The quantitative estimate of drug-likeness (QED) is 0.871. The Balaban J connectivity index is 2.34. The molecule has 0 aliphatic carbocycles. The van der Waals surface area contributed by atoms with Crippen molar-refractivity contribution in [1.82, 2.24) is 9.47 Å². The van der Waals surface area contributed by atoms with E-state index < -0.39 is 0 Å². The molecule has 4 nitrogen and oxygen atoms in total. The van der Waals surface area contributed by atoms with Gasteiger partial charge in [0.05, 0.1) is 6.54 Å². The van der Waals surface area contributed by atoms with Gasteiger partial charge in [0.15, 0.2) is 0 Å². The van der Waals surface area contributed by atoms with Crippen LogP contribution >= 0.6 is 0 Å². The number of nitrogens with zero attached hydrogens (tertiary/aromatic N) is 2. The van der Waals surface area contributed by atoms with Gasteiger partial charge in [-0.1, -0.05) is 29.8 Å². The number of pyridine rings is 1. The van der Waals surface area contributed by atoms with Gasteiger partial charge < -0.3 is 9.47 Å². The number of carbonyl (C=O) groups excluding carboxylic acids is 1. The van der Waals surface area contributed by atoms with Crippen molar-refractivity contribution in [1.29, 1.82) is 0 Å². The molecule has 22 heavy (non-hydrogen) atoms. The number of hydrogen-bond acceptors (Lipinski definition) is 2. The van der Waals surface area contributed by atoms with Crippen LogP contribution in [-0.4, -0.2) is 28.5 Å². The van der Waals surface area contributed by atoms with E-state index in [4.69, 9.17) is 0 Å². The zero-order chi connectivity index (χ0) is 16.3. The van der Waals surface area contributed by atoms with E-state index in [9.17, 15) is 9.59 Å².